The second-order valence-electron chi connectivity index (χ2n) is 9.55. The van der Waals surface area contributed by atoms with Gasteiger partial charge in [-0.2, -0.15) is 5.10 Å². The molecule has 7 nitrogen and oxygen atoms in total. The van der Waals surface area contributed by atoms with Gasteiger partial charge in [-0.1, -0.05) is 24.3 Å². The molecule has 0 aliphatic heterocycles. The summed E-state index contributed by atoms with van der Waals surface area (Å²) in [6.45, 7) is -1.11. The number of methoxy groups -OCH3 is 1. The van der Waals surface area contributed by atoms with Gasteiger partial charge in [-0.3, -0.25) is 0 Å². The summed E-state index contributed by atoms with van der Waals surface area (Å²) in [5.74, 6) is 2.09. The first kappa shape index (κ1) is 29.7. The highest BCUT2D eigenvalue weighted by Crippen LogP contribution is 2.51. The van der Waals surface area contributed by atoms with Crippen molar-refractivity contribution in [1.29, 1.82) is 0 Å². The first-order chi connectivity index (χ1) is 18.2. The number of hydrogen-bond donors (Lipinski definition) is 0. The van der Waals surface area contributed by atoms with E-state index in [4.69, 9.17) is 25.6 Å². The maximum absolute atomic E-state index is 6.36. The molecule has 0 unspecified atom stereocenters. The highest BCUT2D eigenvalue weighted by molar-refractivity contribution is 8.09. The maximum atomic E-state index is 6.36. The van der Waals surface area contributed by atoms with Gasteiger partial charge < -0.3 is 23.6 Å². The third kappa shape index (κ3) is 9.44. The van der Waals surface area contributed by atoms with E-state index in [0.29, 0.717) is 11.5 Å². The molecule has 0 atom stereocenters. The van der Waals surface area contributed by atoms with Gasteiger partial charge in [0.2, 0.25) is 0 Å². The number of benzene rings is 3. The standard InChI is InChI=1S/C29H39N4O3PS/c1-31(2)21-19-24-7-15-28(16-8-24)35-37(38,33(5)30-23-26-11-13-27(34-6)14-12-26)36-29-17-9-25(10-18-29)20-22-32(3)4/h7-18,23H,19-22H2,1-6H3/b30-23+. The van der Waals surface area contributed by atoms with Crippen LogP contribution < -0.4 is 13.8 Å². The van der Waals surface area contributed by atoms with Crippen LogP contribution in [0.2, 0.25) is 0 Å². The van der Waals surface area contributed by atoms with Crippen LogP contribution in [0.5, 0.6) is 17.2 Å². The zero-order valence-electron chi connectivity index (χ0n) is 23.2. The average Bonchev–Trinajstić information content (AvgIpc) is 2.91. The molecule has 0 aliphatic rings. The molecule has 9 heteroatoms. The van der Waals surface area contributed by atoms with E-state index in [1.54, 1.807) is 25.2 Å². The van der Waals surface area contributed by atoms with Crippen LogP contribution in [0, 0.1) is 0 Å². The smallest absolute Gasteiger partial charge is 0.410 e. The van der Waals surface area contributed by atoms with Crippen LogP contribution in [0.25, 0.3) is 0 Å². The summed E-state index contributed by atoms with van der Waals surface area (Å²) in [6, 6.07) is 23.7. The van der Waals surface area contributed by atoms with E-state index in [1.807, 2.05) is 48.5 Å². The van der Waals surface area contributed by atoms with Crippen molar-refractivity contribution in [2.24, 2.45) is 5.10 Å². The highest BCUT2D eigenvalue weighted by Gasteiger charge is 2.28. The van der Waals surface area contributed by atoms with Gasteiger partial charge in [0.15, 0.2) is 0 Å². The molecule has 0 aromatic heterocycles. The van der Waals surface area contributed by atoms with Gasteiger partial charge >= 0.3 is 6.64 Å². The number of nitrogens with zero attached hydrogens (tertiary/aromatic N) is 4. The fraction of sp³-hybridized carbons (Fsp3) is 0.345. The van der Waals surface area contributed by atoms with E-state index in [1.165, 1.54) is 11.1 Å². The van der Waals surface area contributed by atoms with Gasteiger partial charge in [-0.15, -0.1) is 0 Å². The van der Waals surface area contributed by atoms with Crippen molar-refractivity contribution in [1.82, 2.24) is 14.6 Å². The molecular weight excluding hydrogens is 515 g/mol. The summed E-state index contributed by atoms with van der Waals surface area (Å²) >= 11 is 6.03. The van der Waals surface area contributed by atoms with E-state index >= 15 is 0 Å². The molecule has 0 amide bonds. The molecule has 204 valence electrons. The Hall–Kier alpha value is -2.90. The first-order valence-electron chi connectivity index (χ1n) is 12.6. The summed E-state index contributed by atoms with van der Waals surface area (Å²) in [4.78, 5) is 4.33. The lowest BCUT2D eigenvalue weighted by Crippen LogP contribution is -2.17. The molecule has 3 aromatic carbocycles. The topological polar surface area (TPSA) is 49.8 Å². The number of hydrazone groups is 1. The van der Waals surface area contributed by atoms with E-state index < -0.39 is 6.64 Å². The molecule has 0 fully saturated rings. The minimum atomic E-state index is -3.07. The summed E-state index contributed by atoms with van der Waals surface area (Å²) in [5.41, 5.74) is 3.38. The van der Waals surface area contributed by atoms with E-state index in [2.05, 4.69) is 67.4 Å². The van der Waals surface area contributed by atoms with Crippen LogP contribution in [-0.4, -0.2) is 76.2 Å². The molecule has 0 saturated heterocycles. The Kier molecular flexibility index (Phi) is 11.2. The van der Waals surface area contributed by atoms with Crippen molar-refractivity contribution in [2.45, 2.75) is 12.8 Å². The Labute approximate surface area is 232 Å². The first-order valence-corrected chi connectivity index (χ1v) is 15.1. The minimum absolute atomic E-state index is 0.649. The maximum Gasteiger partial charge on any atom is 0.410 e. The van der Waals surface area contributed by atoms with Crippen molar-refractivity contribution in [3.05, 3.63) is 89.5 Å². The zero-order valence-corrected chi connectivity index (χ0v) is 24.9. The van der Waals surface area contributed by atoms with Crippen LogP contribution in [0.15, 0.2) is 77.9 Å². The van der Waals surface area contributed by atoms with Crippen molar-refractivity contribution in [3.8, 4) is 17.2 Å². The Morgan fingerprint density at radius 3 is 1.50 bits per heavy atom. The van der Waals surface area contributed by atoms with Gasteiger partial charge in [-0.25, -0.2) is 4.78 Å². The monoisotopic (exact) mass is 554 g/mol. The molecule has 38 heavy (non-hydrogen) atoms. The zero-order chi connectivity index (χ0) is 27.5. The van der Waals surface area contributed by atoms with Gasteiger partial charge in [0, 0.05) is 31.9 Å². The molecule has 0 aliphatic carbocycles. The third-order valence-corrected chi connectivity index (χ3v) is 8.68. The molecule has 3 aromatic rings. The van der Waals surface area contributed by atoms with Crippen LogP contribution >= 0.6 is 6.64 Å². The van der Waals surface area contributed by atoms with Crippen LogP contribution in [0.3, 0.4) is 0 Å². The lowest BCUT2D eigenvalue weighted by atomic mass is 10.1. The van der Waals surface area contributed by atoms with E-state index in [0.717, 1.165) is 37.2 Å². The van der Waals surface area contributed by atoms with Crippen molar-refractivity contribution >= 4 is 24.7 Å². The number of ether oxygens (including phenoxy) is 1. The Morgan fingerprint density at radius 2 is 1.11 bits per heavy atom. The molecule has 0 N–H and O–H groups in total. The second-order valence-corrected chi connectivity index (χ2v) is 12.8. The lowest BCUT2D eigenvalue weighted by Gasteiger charge is -2.29. The van der Waals surface area contributed by atoms with Gasteiger partial charge in [-0.05, 0) is 106 Å². The summed E-state index contributed by atoms with van der Waals surface area (Å²) in [7, 11) is 11.7. The number of likely N-dealkylation sites (N-methyl/N-ethyl adjacent to an activating group) is 2. The van der Waals surface area contributed by atoms with Gasteiger partial charge in [0.1, 0.15) is 17.2 Å². The fourth-order valence-electron chi connectivity index (χ4n) is 3.45. The Morgan fingerprint density at radius 1 is 0.684 bits per heavy atom. The summed E-state index contributed by atoms with van der Waals surface area (Å²) in [5, 5.41) is 4.60. The lowest BCUT2D eigenvalue weighted by molar-refractivity contribution is 0.395. The third-order valence-electron chi connectivity index (χ3n) is 5.83. The largest absolute Gasteiger partial charge is 0.497 e. The molecular formula is C29H39N4O3PS. The fourth-order valence-corrected chi connectivity index (χ4v) is 5.32. The molecule has 0 spiro atoms. The molecule has 0 heterocycles. The molecule has 3 rings (SSSR count). The van der Waals surface area contributed by atoms with E-state index in [9.17, 15) is 0 Å². The van der Waals surface area contributed by atoms with Crippen LogP contribution in [-0.2, 0) is 24.6 Å². The average molecular weight is 555 g/mol. The molecule has 0 saturated carbocycles. The second kappa shape index (κ2) is 14.3. The van der Waals surface area contributed by atoms with Crippen LogP contribution in [0.1, 0.15) is 16.7 Å². The Bertz CT molecular complexity index is 1140. The van der Waals surface area contributed by atoms with Crippen molar-refractivity contribution in [3.63, 3.8) is 0 Å². The van der Waals surface area contributed by atoms with Crippen molar-refractivity contribution in [2.75, 3.05) is 55.4 Å². The molecule has 0 radical (unpaired) electrons. The summed E-state index contributed by atoms with van der Waals surface area (Å²) in [6.07, 6.45) is 3.66. The van der Waals surface area contributed by atoms with Gasteiger partial charge in [0.05, 0.1) is 13.3 Å². The quantitative estimate of drug-likeness (QED) is 0.147. The van der Waals surface area contributed by atoms with Crippen molar-refractivity contribution < 1.29 is 13.8 Å². The predicted octanol–water partition coefficient (Wildman–Crippen LogP) is 5.55. The highest BCUT2D eigenvalue weighted by atomic mass is 32.5. The predicted molar refractivity (Wildman–Crippen MR) is 161 cm³/mol. The summed E-state index contributed by atoms with van der Waals surface area (Å²) < 4.78 is 19.6. The Balaban J connectivity index is 1.80. The minimum Gasteiger partial charge on any atom is -0.497 e. The SMILES string of the molecule is COc1ccc(/C=N/N(C)P(=S)(Oc2ccc(CCN(C)C)cc2)Oc2ccc(CCN(C)C)cc2)cc1. The molecule has 0 bridgehead atoms. The number of hydrogen-bond acceptors (Lipinski definition) is 7. The van der Waals surface area contributed by atoms with E-state index in [-0.39, 0.29) is 0 Å². The number of rotatable bonds is 14. The normalized spacial score (nSPS) is 11.8. The van der Waals surface area contributed by atoms with Gasteiger partial charge in [0.25, 0.3) is 0 Å². The van der Waals surface area contributed by atoms with Crippen LogP contribution in [0.4, 0.5) is 0 Å².